The normalized spacial score (nSPS) is 11.9. The van der Waals surface area contributed by atoms with E-state index in [1.807, 2.05) is 60.7 Å². The lowest BCUT2D eigenvalue weighted by Gasteiger charge is -2.18. The number of carbonyl (C=O) groups excluding carboxylic acids is 2. The molecule has 0 saturated carbocycles. The van der Waals surface area contributed by atoms with Gasteiger partial charge in [-0.2, -0.15) is 0 Å². The Bertz CT molecular complexity index is 586. The molecule has 0 unspecified atom stereocenters. The van der Waals surface area contributed by atoms with Gasteiger partial charge >= 0.3 is 5.97 Å². The molecule has 22 heavy (non-hydrogen) atoms. The number of benzene rings is 2. The smallest absolute Gasteiger partial charge is 0.307 e. The van der Waals surface area contributed by atoms with Crippen molar-refractivity contribution in [2.24, 2.45) is 5.73 Å². The fraction of sp³-hybridized carbons (Fsp3) is 0.222. The largest absolute Gasteiger partial charge is 0.453 e. The molecule has 114 valence electrons. The van der Waals surface area contributed by atoms with E-state index in [1.54, 1.807) is 0 Å². The SMILES string of the molecule is C[C@@H](OC(=O)CC(c1ccccc1)c1ccccc1)C(N)=O. The number of esters is 1. The Hall–Kier alpha value is -2.62. The first-order chi connectivity index (χ1) is 10.6. The maximum Gasteiger partial charge on any atom is 0.307 e. The van der Waals surface area contributed by atoms with Crippen LogP contribution in [0.5, 0.6) is 0 Å². The van der Waals surface area contributed by atoms with Crippen LogP contribution < -0.4 is 5.73 Å². The van der Waals surface area contributed by atoms with Crippen LogP contribution in [0.25, 0.3) is 0 Å². The second-order valence-electron chi connectivity index (χ2n) is 5.11. The summed E-state index contributed by atoms with van der Waals surface area (Å²) in [4.78, 5) is 23.1. The van der Waals surface area contributed by atoms with Gasteiger partial charge in [0, 0.05) is 5.92 Å². The van der Waals surface area contributed by atoms with Crippen molar-refractivity contribution in [3.05, 3.63) is 71.8 Å². The number of hydrogen-bond acceptors (Lipinski definition) is 3. The molecule has 4 nitrogen and oxygen atoms in total. The average Bonchev–Trinajstić information content (AvgIpc) is 2.54. The summed E-state index contributed by atoms with van der Waals surface area (Å²) in [6.07, 6.45) is -0.759. The lowest BCUT2D eigenvalue weighted by atomic mass is 9.88. The highest BCUT2D eigenvalue weighted by atomic mass is 16.5. The van der Waals surface area contributed by atoms with Crippen LogP contribution in [-0.2, 0) is 14.3 Å². The molecule has 2 rings (SSSR count). The molecule has 0 radical (unpaired) electrons. The zero-order valence-electron chi connectivity index (χ0n) is 12.4. The number of hydrogen-bond donors (Lipinski definition) is 1. The van der Waals surface area contributed by atoms with E-state index in [1.165, 1.54) is 6.92 Å². The molecular weight excluding hydrogens is 278 g/mol. The molecule has 0 fully saturated rings. The van der Waals surface area contributed by atoms with Crippen molar-refractivity contribution in [2.75, 3.05) is 0 Å². The Labute approximate surface area is 129 Å². The highest BCUT2D eigenvalue weighted by Crippen LogP contribution is 2.28. The van der Waals surface area contributed by atoms with E-state index in [2.05, 4.69) is 0 Å². The zero-order chi connectivity index (χ0) is 15.9. The molecule has 0 saturated heterocycles. The van der Waals surface area contributed by atoms with Gasteiger partial charge in [-0.25, -0.2) is 0 Å². The van der Waals surface area contributed by atoms with Crippen LogP contribution in [-0.4, -0.2) is 18.0 Å². The van der Waals surface area contributed by atoms with Crippen LogP contribution >= 0.6 is 0 Å². The molecule has 2 aromatic carbocycles. The minimum absolute atomic E-state index is 0.116. The van der Waals surface area contributed by atoms with E-state index in [-0.39, 0.29) is 12.3 Å². The summed E-state index contributed by atoms with van der Waals surface area (Å²) in [7, 11) is 0. The molecule has 1 atom stereocenters. The Morgan fingerprint density at radius 3 is 1.82 bits per heavy atom. The van der Waals surface area contributed by atoms with Gasteiger partial charge in [0.1, 0.15) is 0 Å². The molecule has 1 amide bonds. The highest BCUT2D eigenvalue weighted by molar-refractivity contribution is 5.82. The summed E-state index contributed by atoms with van der Waals surface area (Å²) in [5.41, 5.74) is 7.17. The van der Waals surface area contributed by atoms with Gasteiger partial charge in [0.15, 0.2) is 6.10 Å². The van der Waals surface area contributed by atoms with Gasteiger partial charge in [-0.3, -0.25) is 9.59 Å². The summed E-state index contributed by atoms with van der Waals surface area (Å²) >= 11 is 0. The summed E-state index contributed by atoms with van der Waals surface area (Å²) in [5.74, 6) is -1.21. The summed E-state index contributed by atoms with van der Waals surface area (Å²) in [6.45, 7) is 1.47. The predicted molar refractivity (Wildman–Crippen MR) is 84.1 cm³/mol. The Morgan fingerprint density at radius 1 is 0.955 bits per heavy atom. The second-order valence-corrected chi connectivity index (χ2v) is 5.11. The number of ether oxygens (including phenoxy) is 1. The first-order valence-electron chi connectivity index (χ1n) is 7.16. The second kappa shape index (κ2) is 7.41. The molecule has 0 aromatic heterocycles. The van der Waals surface area contributed by atoms with Crippen LogP contribution in [0.1, 0.15) is 30.4 Å². The molecule has 2 N–H and O–H groups in total. The van der Waals surface area contributed by atoms with Gasteiger partial charge in [-0.05, 0) is 18.1 Å². The summed E-state index contributed by atoms with van der Waals surface area (Å²) in [6, 6.07) is 19.5. The molecular formula is C18H19NO3. The minimum Gasteiger partial charge on any atom is -0.453 e. The van der Waals surface area contributed by atoms with Gasteiger partial charge in [0.25, 0.3) is 5.91 Å². The molecule has 0 bridgehead atoms. The van der Waals surface area contributed by atoms with Crippen LogP contribution in [0, 0.1) is 0 Å². The van der Waals surface area contributed by atoms with Crippen molar-refractivity contribution in [1.29, 1.82) is 0 Å². The number of carbonyl (C=O) groups is 2. The van der Waals surface area contributed by atoms with E-state index in [0.717, 1.165) is 11.1 Å². The number of nitrogens with two attached hydrogens (primary N) is 1. The maximum absolute atomic E-state index is 12.1. The third-order valence-electron chi connectivity index (χ3n) is 3.48. The van der Waals surface area contributed by atoms with Gasteiger partial charge in [-0.15, -0.1) is 0 Å². The fourth-order valence-electron chi connectivity index (χ4n) is 2.27. The molecule has 2 aromatic rings. The third kappa shape index (κ3) is 4.19. The van der Waals surface area contributed by atoms with Crippen LogP contribution in [0.4, 0.5) is 0 Å². The summed E-state index contributed by atoms with van der Waals surface area (Å²) < 4.78 is 5.07. The number of amides is 1. The van der Waals surface area contributed by atoms with E-state index >= 15 is 0 Å². The average molecular weight is 297 g/mol. The van der Waals surface area contributed by atoms with Gasteiger partial charge in [0.2, 0.25) is 0 Å². The van der Waals surface area contributed by atoms with Crippen molar-refractivity contribution in [3.8, 4) is 0 Å². The Kier molecular flexibility index (Phi) is 5.31. The maximum atomic E-state index is 12.1. The van der Waals surface area contributed by atoms with Crippen molar-refractivity contribution < 1.29 is 14.3 Å². The van der Waals surface area contributed by atoms with Crippen LogP contribution in [0.3, 0.4) is 0 Å². The minimum atomic E-state index is -0.917. The van der Waals surface area contributed by atoms with Gasteiger partial charge in [-0.1, -0.05) is 60.7 Å². The lowest BCUT2D eigenvalue weighted by Crippen LogP contribution is -2.30. The van der Waals surface area contributed by atoms with Crippen molar-refractivity contribution >= 4 is 11.9 Å². The Morgan fingerprint density at radius 2 is 1.41 bits per heavy atom. The Balaban J connectivity index is 2.19. The van der Waals surface area contributed by atoms with Gasteiger partial charge < -0.3 is 10.5 Å². The number of rotatable bonds is 6. The highest BCUT2D eigenvalue weighted by Gasteiger charge is 2.21. The summed E-state index contributed by atoms with van der Waals surface area (Å²) in [5, 5.41) is 0. The van der Waals surface area contributed by atoms with E-state index < -0.39 is 18.0 Å². The number of primary amides is 1. The molecule has 0 aliphatic rings. The molecule has 0 heterocycles. The third-order valence-corrected chi connectivity index (χ3v) is 3.48. The van der Waals surface area contributed by atoms with Gasteiger partial charge in [0.05, 0.1) is 6.42 Å². The molecule has 0 spiro atoms. The quantitative estimate of drug-likeness (QED) is 0.833. The van der Waals surface area contributed by atoms with E-state index in [9.17, 15) is 9.59 Å². The monoisotopic (exact) mass is 297 g/mol. The van der Waals surface area contributed by atoms with Crippen molar-refractivity contribution in [2.45, 2.75) is 25.4 Å². The predicted octanol–water partition coefficient (Wildman–Crippen LogP) is 2.63. The van der Waals surface area contributed by atoms with Crippen LogP contribution in [0.2, 0.25) is 0 Å². The van der Waals surface area contributed by atoms with E-state index in [0.29, 0.717) is 0 Å². The fourth-order valence-corrected chi connectivity index (χ4v) is 2.27. The molecule has 0 aliphatic heterocycles. The van der Waals surface area contributed by atoms with E-state index in [4.69, 9.17) is 10.5 Å². The first kappa shape index (κ1) is 15.8. The van der Waals surface area contributed by atoms with Crippen molar-refractivity contribution in [1.82, 2.24) is 0 Å². The van der Waals surface area contributed by atoms with Crippen molar-refractivity contribution in [3.63, 3.8) is 0 Å². The standard InChI is InChI=1S/C18H19NO3/c1-13(18(19)21)22-17(20)12-16(14-8-4-2-5-9-14)15-10-6-3-7-11-15/h2-11,13,16H,12H2,1H3,(H2,19,21)/t13-/m1/s1. The zero-order valence-corrected chi connectivity index (χ0v) is 12.4. The molecule has 4 heteroatoms. The first-order valence-corrected chi connectivity index (χ1v) is 7.16. The topological polar surface area (TPSA) is 69.4 Å². The molecule has 0 aliphatic carbocycles. The van der Waals surface area contributed by atoms with Crippen LogP contribution in [0.15, 0.2) is 60.7 Å². The lowest BCUT2D eigenvalue weighted by molar-refractivity contribution is -0.154.